The summed E-state index contributed by atoms with van der Waals surface area (Å²) in [5.74, 6) is 6.10. The van der Waals surface area contributed by atoms with E-state index in [1.807, 2.05) is 52.0 Å². The van der Waals surface area contributed by atoms with Crippen LogP contribution in [0.15, 0.2) is 55.8 Å². The van der Waals surface area contributed by atoms with E-state index in [1.54, 1.807) is 25.5 Å². The Kier molecular flexibility index (Phi) is 8.97. The Balaban J connectivity index is 0.00000163. The van der Waals surface area contributed by atoms with Crippen LogP contribution >= 0.6 is 0 Å². The first-order chi connectivity index (χ1) is 12.7. The summed E-state index contributed by atoms with van der Waals surface area (Å²) < 4.78 is 6.04. The molecule has 0 fully saturated rings. The third-order valence-corrected chi connectivity index (χ3v) is 3.49. The van der Waals surface area contributed by atoms with E-state index in [-0.39, 0.29) is 0 Å². The van der Waals surface area contributed by atoms with Crippen LogP contribution in [0.5, 0.6) is 0 Å². The van der Waals surface area contributed by atoms with Gasteiger partial charge in [-0.2, -0.15) is 0 Å². The molecule has 2 heterocycles. The molecule has 0 bridgehead atoms. The number of pyridine rings is 1. The van der Waals surface area contributed by atoms with Gasteiger partial charge in [0.25, 0.3) is 0 Å². The highest BCUT2D eigenvalue weighted by Gasteiger charge is 2.35. The van der Waals surface area contributed by atoms with Crippen molar-refractivity contribution in [1.82, 2.24) is 15.0 Å². The van der Waals surface area contributed by atoms with Gasteiger partial charge in [0.15, 0.2) is 5.60 Å². The number of rotatable bonds is 6. The summed E-state index contributed by atoms with van der Waals surface area (Å²) in [7, 11) is 0. The SMILES string of the molecule is C=C(/C=C\C)c1ccc(C(C#CC)(OCC)c2cncnc2)nc1.CC. The summed E-state index contributed by atoms with van der Waals surface area (Å²) in [6.45, 7) is 14.2. The minimum absolute atomic E-state index is 0.484. The van der Waals surface area contributed by atoms with E-state index in [1.165, 1.54) is 6.33 Å². The molecular weight excluding hydrogens is 322 g/mol. The molecule has 0 saturated carbocycles. The molecule has 26 heavy (non-hydrogen) atoms. The first kappa shape index (κ1) is 21.3. The van der Waals surface area contributed by atoms with Crippen molar-refractivity contribution in [2.24, 2.45) is 0 Å². The summed E-state index contributed by atoms with van der Waals surface area (Å²) >= 11 is 0. The van der Waals surface area contributed by atoms with Crippen molar-refractivity contribution in [3.05, 3.63) is 72.6 Å². The van der Waals surface area contributed by atoms with Crippen molar-refractivity contribution in [1.29, 1.82) is 0 Å². The molecule has 2 rings (SSSR count). The standard InChI is InChI=1S/C20H21N3O.C2H6/c1-5-8-16(4)17-9-10-19(23-12-17)20(11-6-2,24-7-3)18-13-21-15-22-14-18;1-2/h5,8-10,12-15H,4,7H2,1-3H3;1-2H3/b8-5-;. The first-order valence-corrected chi connectivity index (χ1v) is 8.79. The minimum Gasteiger partial charge on any atom is -0.353 e. The van der Waals surface area contributed by atoms with Gasteiger partial charge in [-0.15, -0.1) is 5.92 Å². The molecule has 4 heteroatoms. The third-order valence-electron chi connectivity index (χ3n) is 3.49. The fourth-order valence-corrected chi connectivity index (χ4v) is 2.44. The largest absolute Gasteiger partial charge is 0.353 e. The normalized spacial score (nSPS) is 12.3. The van der Waals surface area contributed by atoms with Crippen LogP contribution in [0.1, 0.15) is 51.4 Å². The Morgan fingerprint density at radius 1 is 1.23 bits per heavy atom. The van der Waals surface area contributed by atoms with Gasteiger partial charge in [0.05, 0.1) is 5.69 Å². The molecule has 2 aromatic heterocycles. The first-order valence-electron chi connectivity index (χ1n) is 8.79. The van der Waals surface area contributed by atoms with E-state index in [0.29, 0.717) is 12.3 Å². The third kappa shape index (κ3) is 4.87. The van der Waals surface area contributed by atoms with Crippen molar-refractivity contribution < 1.29 is 4.74 Å². The van der Waals surface area contributed by atoms with E-state index >= 15 is 0 Å². The maximum Gasteiger partial charge on any atom is 0.199 e. The van der Waals surface area contributed by atoms with Gasteiger partial charge in [0, 0.05) is 30.8 Å². The second-order valence-corrected chi connectivity index (χ2v) is 5.07. The van der Waals surface area contributed by atoms with Gasteiger partial charge in [-0.25, -0.2) is 9.97 Å². The van der Waals surface area contributed by atoms with Crippen molar-refractivity contribution in [3.63, 3.8) is 0 Å². The predicted molar refractivity (Wildman–Crippen MR) is 107 cm³/mol. The smallest absolute Gasteiger partial charge is 0.199 e. The van der Waals surface area contributed by atoms with Crippen molar-refractivity contribution in [3.8, 4) is 11.8 Å². The fraction of sp³-hybridized carbons (Fsp3) is 0.318. The summed E-state index contributed by atoms with van der Waals surface area (Å²) in [5, 5.41) is 0. The highest BCUT2D eigenvalue weighted by Crippen LogP contribution is 2.32. The number of allylic oxidation sites excluding steroid dienone is 3. The molecule has 1 atom stereocenters. The van der Waals surface area contributed by atoms with Gasteiger partial charge >= 0.3 is 0 Å². The number of aromatic nitrogens is 3. The Hall–Kier alpha value is -2.77. The van der Waals surface area contributed by atoms with E-state index in [9.17, 15) is 0 Å². The highest BCUT2D eigenvalue weighted by molar-refractivity contribution is 5.71. The van der Waals surface area contributed by atoms with E-state index in [4.69, 9.17) is 4.74 Å². The van der Waals surface area contributed by atoms with Gasteiger partial charge in [-0.05, 0) is 38.0 Å². The van der Waals surface area contributed by atoms with E-state index in [0.717, 1.165) is 16.7 Å². The van der Waals surface area contributed by atoms with Crippen LogP contribution in [0.2, 0.25) is 0 Å². The van der Waals surface area contributed by atoms with Crippen LogP contribution in [0.25, 0.3) is 5.57 Å². The predicted octanol–water partition coefficient (Wildman–Crippen LogP) is 4.79. The molecule has 0 aliphatic heterocycles. The van der Waals surface area contributed by atoms with Gasteiger partial charge in [0.2, 0.25) is 0 Å². The average Bonchev–Trinajstić information content (AvgIpc) is 2.70. The molecule has 1 unspecified atom stereocenters. The van der Waals surface area contributed by atoms with Crippen LogP contribution in [-0.2, 0) is 10.3 Å². The van der Waals surface area contributed by atoms with Crippen LogP contribution in [0.4, 0.5) is 0 Å². The number of hydrogen-bond donors (Lipinski definition) is 0. The summed E-state index contributed by atoms with van der Waals surface area (Å²) in [5.41, 5.74) is 2.34. The lowest BCUT2D eigenvalue weighted by atomic mass is 9.91. The molecule has 2 aromatic rings. The minimum atomic E-state index is -0.981. The topological polar surface area (TPSA) is 47.9 Å². The zero-order valence-corrected chi connectivity index (χ0v) is 16.3. The molecule has 4 nitrogen and oxygen atoms in total. The Bertz CT molecular complexity index is 771. The molecule has 0 N–H and O–H groups in total. The second-order valence-electron chi connectivity index (χ2n) is 5.07. The Morgan fingerprint density at radius 3 is 2.42 bits per heavy atom. The number of hydrogen-bond acceptors (Lipinski definition) is 4. The molecule has 0 aromatic carbocycles. The van der Waals surface area contributed by atoms with Gasteiger partial charge < -0.3 is 4.74 Å². The van der Waals surface area contributed by atoms with Crippen molar-refractivity contribution >= 4 is 5.57 Å². The van der Waals surface area contributed by atoms with Gasteiger partial charge in [-0.1, -0.05) is 44.6 Å². The van der Waals surface area contributed by atoms with Crippen LogP contribution in [0, 0.1) is 11.8 Å². The van der Waals surface area contributed by atoms with E-state index in [2.05, 4.69) is 33.4 Å². The molecule has 0 radical (unpaired) electrons. The zero-order valence-electron chi connectivity index (χ0n) is 16.3. The van der Waals surface area contributed by atoms with Crippen molar-refractivity contribution in [2.45, 2.75) is 40.2 Å². The molecule has 0 aliphatic rings. The zero-order chi connectivity index (χ0) is 19.4. The number of ether oxygens (including phenoxy) is 1. The highest BCUT2D eigenvalue weighted by atomic mass is 16.5. The molecule has 0 saturated heterocycles. The molecule has 0 amide bonds. The van der Waals surface area contributed by atoms with Gasteiger partial charge in [0.1, 0.15) is 6.33 Å². The Morgan fingerprint density at radius 2 is 1.92 bits per heavy atom. The summed E-state index contributed by atoms with van der Waals surface area (Å²) in [6.07, 6.45) is 10.6. The maximum atomic E-state index is 6.04. The summed E-state index contributed by atoms with van der Waals surface area (Å²) in [6, 6.07) is 3.89. The van der Waals surface area contributed by atoms with Crippen LogP contribution in [0.3, 0.4) is 0 Å². The maximum absolute atomic E-state index is 6.04. The second kappa shape index (κ2) is 11.0. The van der Waals surface area contributed by atoms with Crippen LogP contribution in [-0.4, -0.2) is 21.6 Å². The summed E-state index contributed by atoms with van der Waals surface area (Å²) in [4.78, 5) is 12.8. The quantitative estimate of drug-likeness (QED) is 0.556. The monoisotopic (exact) mass is 349 g/mol. The van der Waals surface area contributed by atoms with Crippen LogP contribution < -0.4 is 0 Å². The fourth-order valence-electron chi connectivity index (χ4n) is 2.44. The molecular formula is C22H27N3O. The van der Waals surface area contributed by atoms with Crippen molar-refractivity contribution in [2.75, 3.05) is 6.61 Å². The lowest BCUT2D eigenvalue weighted by molar-refractivity contribution is 0.0318. The van der Waals surface area contributed by atoms with Gasteiger partial charge in [-0.3, -0.25) is 4.98 Å². The molecule has 0 spiro atoms. The lowest BCUT2D eigenvalue weighted by Gasteiger charge is -2.28. The molecule has 0 aliphatic carbocycles. The van der Waals surface area contributed by atoms with E-state index < -0.39 is 5.60 Å². The average molecular weight is 349 g/mol. The lowest BCUT2D eigenvalue weighted by Crippen LogP contribution is -2.31. The number of nitrogens with zero attached hydrogens (tertiary/aromatic N) is 3. The Labute approximate surface area is 157 Å². The molecule has 136 valence electrons.